The van der Waals surface area contributed by atoms with Gasteiger partial charge in [0.2, 0.25) is 0 Å². The molecule has 3 heterocycles. The monoisotopic (exact) mass is 289 g/mol. The first-order valence-corrected chi connectivity index (χ1v) is 7.18. The first-order valence-electron chi connectivity index (χ1n) is 7.18. The maximum atomic E-state index is 11.5. The lowest BCUT2D eigenvalue weighted by Gasteiger charge is -2.38. The normalized spacial score (nSPS) is 18.1. The molecule has 112 valence electrons. The standard InChI is InChI=1S/C14H19N5O2/c1-3-14(13(20)21)4-6-19(7-5-14)12-10-8-17-18(2)11(10)15-9-16-12/h8-9H,3-7H2,1-2H3,(H,20,21). The van der Waals surface area contributed by atoms with Crippen LogP contribution < -0.4 is 4.90 Å². The number of piperidine rings is 1. The molecule has 1 N–H and O–H groups in total. The number of carbonyl (C=O) groups is 1. The summed E-state index contributed by atoms with van der Waals surface area (Å²) in [5.74, 6) is 0.169. The average molecular weight is 289 g/mol. The predicted octanol–water partition coefficient (Wildman–Crippen LogP) is 1.44. The highest BCUT2D eigenvalue weighted by Crippen LogP contribution is 2.37. The summed E-state index contributed by atoms with van der Waals surface area (Å²) in [6, 6.07) is 0. The fourth-order valence-electron chi connectivity index (χ4n) is 3.07. The molecular weight excluding hydrogens is 270 g/mol. The minimum absolute atomic E-state index is 0.586. The number of carboxylic acid groups (broad SMARTS) is 1. The Morgan fingerprint density at radius 1 is 1.38 bits per heavy atom. The molecule has 2 aromatic heterocycles. The molecule has 0 saturated carbocycles. The van der Waals surface area contributed by atoms with E-state index in [4.69, 9.17) is 0 Å². The summed E-state index contributed by atoms with van der Waals surface area (Å²) in [6.45, 7) is 3.34. The van der Waals surface area contributed by atoms with Crippen molar-refractivity contribution in [3.8, 4) is 0 Å². The van der Waals surface area contributed by atoms with E-state index in [1.54, 1.807) is 10.9 Å². The van der Waals surface area contributed by atoms with Gasteiger partial charge in [-0.25, -0.2) is 9.97 Å². The Morgan fingerprint density at radius 3 is 2.71 bits per heavy atom. The fourth-order valence-corrected chi connectivity index (χ4v) is 3.07. The van der Waals surface area contributed by atoms with Crippen molar-refractivity contribution in [2.75, 3.05) is 18.0 Å². The second-order valence-electron chi connectivity index (χ2n) is 5.63. The number of aliphatic carboxylic acids is 1. The van der Waals surface area contributed by atoms with Crippen molar-refractivity contribution >= 4 is 22.8 Å². The minimum Gasteiger partial charge on any atom is -0.481 e. The Kier molecular flexibility index (Phi) is 3.27. The van der Waals surface area contributed by atoms with Gasteiger partial charge in [0.1, 0.15) is 12.1 Å². The van der Waals surface area contributed by atoms with Gasteiger partial charge in [0.05, 0.1) is 17.0 Å². The van der Waals surface area contributed by atoms with E-state index < -0.39 is 11.4 Å². The number of fused-ring (bicyclic) bond motifs is 1. The average Bonchev–Trinajstić information content (AvgIpc) is 2.89. The molecule has 21 heavy (non-hydrogen) atoms. The number of hydrogen-bond acceptors (Lipinski definition) is 5. The number of carboxylic acids is 1. The van der Waals surface area contributed by atoms with Crippen LogP contribution >= 0.6 is 0 Å². The van der Waals surface area contributed by atoms with Gasteiger partial charge in [0.25, 0.3) is 0 Å². The zero-order chi connectivity index (χ0) is 15.0. The molecule has 3 rings (SSSR count). The van der Waals surface area contributed by atoms with Crippen molar-refractivity contribution < 1.29 is 9.90 Å². The number of nitrogens with zero attached hydrogens (tertiary/aromatic N) is 5. The molecule has 1 aliphatic rings. The van der Waals surface area contributed by atoms with Gasteiger partial charge >= 0.3 is 5.97 Å². The number of aryl methyl sites for hydroxylation is 1. The highest BCUT2D eigenvalue weighted by molar-refractivity contribution is 5.86. The van der Waals surface area contributed by atoms with Crippen LogP contribution in [0.3, 0.4) is 0 Å². The summed E-state index contributed by atoms with van der Waals surface area (Å²) in [4.78, 5) is 22.3. The van der Waals surface area contributed by atoms with Gasteiger partial charge in [-0.3, -0.25) is 9.48 Å². The second-order valence-corrected chi connectivity index (χ2v) is 5.63. The number of aromatic nitrogens is 4. The molecule has 1 saturated heterocycles. The second kappa shape index (κ2) is 4.98. The van der Waals surface area contributed by atoms with Gasteiger partial charge in [0.15, 0.2) is 5.65 Å². The van der Waals surface area contributed by atoms with Crippen LogP contribution in [0.4, 0.5) is 5.82 Å². The minimum atomic E-state index is -0.682. The molecule has 2 aromatic rings. The largest absolute Gasteiger partial charge is 0.481 e. The topological polar surface area (TPSA) is 84.1 Å². The molecule has 0 unspecified atom stereocenters. The molecule has 0 spiro atoms. The zero-order valence-electron chi connectivity index (χ0n) is 12.3. The van der Waals surface area contributed by atoms with Gasteiger partial charge in [-0.15, -0.1) is 0 Å². The Morgan fingerprint density at radius 2 is 2.10 bits per heavy atom. The smallest absolute Gasteiger partial charge is 0.309 e. The Labute approximate surface area is 122 Å². The SMILES string of the molecule is CCC1(C(=O)O)CCN(c2ncnc3c2cnn3C)CC1. The van der Waals surface area contributed by atoms with Gasteiger partial charge in [-0.05, 0) is 19.3 Å². The van der Waals surface area contributed by atoms with E-state index in [-0.39, 0.29) is 0 Å². The van der Waals surface area contributed by atoms with Crippen molar-refractivity contribution in [3.63, 3.8) is 0 Å². The summed E-state index contributed by atoms with van der Waals surface area (Å²) in [5, 5.41) is 14.6. The summed E-state index contributed by atoms with van der Waals surface area (Å²) >= 11 is 0. The third-order valence-electron chi connectivity index (χ3n) is 4.66. The molecule has 0 aliphatic carbocycles. The Bertz CT molecular complexity index is 673. The summed E-state index contributed by atoms with van der Waals surface area (Å²) in [7, 11) is 1.85. The van der Waals surface area contributed by atoms with Crippen LogP contribution in [0.5, 0.6) is 0 Å². The summed E-state index contributed by atoms with van der Waals surface area (Å²) < 4.78 is 1.72. The third kappa shape index (κ3) is 2.12. The van der Waals surface area contributed by atoms with Crippen LogP contribution in [0.1, 0.15) is 26.2 Å². The van der Waals surface area contributed by atoms with E-state index in [2.05, 4.69) is 20.0 Å². The first kappa shape index (κ1) is 13.8. The van der Waals surface area contributed by atoms with Crippen LogP contribution in [0.2, 0.25) is 0 Å². The summed E-state index contributed by atoms with van der Waals surface area (Å²) in [6.07, 6.45) is 5.26. The predicted molar refractivity (Wildman–Crippen MR) is 78.1 cm³/mol. The van der Waals surface area contributed by atoms with E-state index in [0.717, 1.165) is 16.9 Å². The van der Waals surface area contributed by atoms with Gasteiger partial charge in [-0.2, -0.15) is 5.10 Å². The van der Waals surface area contributed by atoms with E-state index in [1.165, 1.54) is 6.33 Å². The Balaban J connectivity index is 1.88. The van der Waals surface area contributed by atoms with Crippen LogP contribution in [0.15, 0.2) is 12.5 Å². The maximum absolute atomic E-state index is 11.5. The van der Waals surface area contributed by atoms with Gasteiger partial charge in [0, 0.05) is 20.1 Å². The Hall–Kier alpha value is -2.18. The zero-order valence-corrected chi connectivity index (χ0v) is 12.3. The van der Waals surface area contributed by atoms with Crippen LogP contribution in [0, 0.1) is 5.41 Å². The van der Waals surface area contributed by atoms with Crippen molar-refractivity contribution in [1.82, 2.24) is 19.7 Å². The van der Waals surface area contributed by atoms with E-state index in [1.807, 2.05) is 14.0 Å². The van der Waals surface area contributed by atoms with Gasteiger partial charge < -0.3 is 10.0 Å². The van der Waals surface area contributed by atoms with Crippen molar-refractivity contribution in [3.05, 3.63) is 12.5 Å². The summed E-state index contributed by atoms with van der Waals surface area (Å²) in [5.41, 5.74) is 0.211. The van der Waals surface area contributed by atoms with Crippen molar-refractivity contribution in [1.29, 1.82) is 0 Å². The molecule has 0 amide bonds. The van der Waals surface area contributed by atoms with E-state index in [0.29, 0.717) is 32.4 Å². The van der Waals surface area contributed by atoms with Crippen LogP contribution in [-0.2, 0) is 11.8 Å². The number of rotatable bonds is 3. The molecule has 0 atom stereocenters. The molecule has 1 fully saturated rings. The molecule has 0 aromatic carbocycles. The van der Waals surface area contributed by atoms with Crippen LogP contribution in [0.25, 0.3) is 11.0 Å². The highest BCUT2D eigenvalue weighted by Gasteiger charge is 2.40. The van der Waals surface area contributed by atoms with Crippen LogP contribution in [-0.4, -0.2) is 43.9 Å². The van der Waals surface area contributed by atoms with E-state index >= 15 is 0 Å². The number of anilines is 1. The lowest BCUT2D eigenvalue weighted by molar-refractivity contribution is -0.150. The molecule has 1 aliphatic heterocycles. The molecule has 7 nitrogen and oxygen atoms in total. The fraction of sp³-hybridized carbons (Fsp3) is 0.571. The quantitative estimate of drug-likeness (QED) is 0.920. The first-order chi connectivity index (χ1) is 10.1. The number of hydrogen-bond donors (Lipinski definition) is 1. The van der Waals surface area contributed by atoms with Crippen molar-refractivity contribution in [2.24, 2.45) is 12.5 Å². The lowest BCUT2D eigenvalue weighted by Crippen LogP contribution is -2.44. The molecular formula is C14H19N5O2. The van der Waals surface area contributed by atoms with Crippen molar-refractivity contribution in [2.45, 2.75) is 26.2 Å². The lowest BCUT2D eigenvalue weighted by atomic mass is 9.76. The maximum Gasteiger partial charge on any atom is 0.309 e. The van der Waals surface area contributed by atoms with E-state index in [9.17, 15) is 9.90 Å². The molecule has 0 radical (unpaired) electrons. The molecule has 7 heteroatoms. The highest BCUT2D eigenvalue weighted by atomic mass is 16.4. The van der Waals surface area contributed by atoms with Gasteiger partial charge in [-0.1, -0.05) is 6.92 Å². The molecule has 0 bridgehead atoms. The third-order valence-corrected chi connectivity index (χ3v) is 4.66.